The maximum absolute atomic E-state index is 13.0. The van der Waals surface area contributed by atoms with Crippen LogP contribution < -0.4 is 15.5 Å². The van der Waals surface area contributed by atoms with Gasteiger partial charge in [0.05, 0.1) is 5.56 Å². The van der Waals surface area contributed by atoms with Crippen LogP contribution in [0.15, 0.2) is 42.7 Å². The minimum absolute atomic E-state index is 0.123. The molecule has 38 heavy (non-hydrogen) atoms. The molecule has 0 atom stereocenters. The molecule has 1 saturated carbocycles. The molecule has 2 fully saturated rings. The molecular formula is C29H41N5O4. The Balaban J connectivity index is 1.17. The van der Waals surface area contributed by atoms with E-state index >= 15 is 0 Å². The number of carbonyl (C=O) groups is 3. The number of alkyl carbamates (subject to hydrolysis) is 1. The molecule has 1 aromatic carbocycles. The first-order valence-corrected chi connectivity index (χ1v) is 13.6. The van der Waals surface area contributed by atoms with E-state index in [0.717, 1.165) is 50.1 Å². The molecule has 0 unspecified atom stereocenters. The molecule has 0 radical (unpaired) electrons. The van der Waals surface area contributed by atoms with Crippen molar-refractivity contribution in [3.05, 3.63) is 48.3 Å². The van der Waals surface area contributed by atoms with Gasteiger partial charge in [0.2, 0.25) is 5.91 Å². The van der Waals surface area contributed by atoms with Crippen LogP contribution in [0, 0.1) is 5.92 Å². The van der Waals surface area contributed by atoms with Crippen molar-refractivity contribution in [2.75, 3.05) is 36.4 Å². The van der Waals surface area contributed by atoms with Crippen LogP contribution in [0.5, 0.6) is 0 Å². The van der Waals surface area contributed by atoms with Crippen molar-refractivity contribution in [3.63, 3.8) is 0 Å². The van der Waals surface area contributed by atoms with E-state index in [2.05, 4.69) is 15.5 Å². The van der Waals surface area contributed by atoms with Gasteiger partial charge < -0.3 is 29.7 Å². The largest absolute Gasteiger partial charge is 0.444 e. The van der Waals surface area contributed by atoms with Crippen molar-refractivity contribution in [2.45, 2.75) is 64.5 Å². The molecule has 9 heteroatoms. The van der Waals surface area contributed by atoms with E-state index in [1.807, 2.05) is 67.7 Å². The standard InChI is InChI=1S/C29H41N5O4/c1-29(2,3)38-28(37)31-24-7-5-21(6-8-24)19-26(35)34-17-15-33(16-18-34)25-11-9-23(10-12-25)30-27(36)22-13-14-32(4)20-22/h9-14,20-21,24H,5-8,15-19H2,1-4H3,(H,30,36)(H,31,37). The Labute approximate surface area is 225 Å². The van der Waals surface area contributed by atoms with Crippen molar-refractivity contribution in [1.29, 1.82) is 0 Å². The van der Waals surface area contributed by atoms with Gasteiger partial charge in [0.1, 0.15) is 5.60 Å². The van der Waals surface area contributed by atoms with Crippen molar-refractivity contribution in [2.24, 2.45) is 13.0 Å². The van der Waals surface area contributed by atoms with Crippen LogP contribution >= 0.6 is 0 Å². The van der Waals surface area contributed by atoms with Crippen molar-refractivity contribution < 1.29 is 19.1 Å². The van der Waals surface area contributed by atoms with E-state index in [9.17, 15) is 14.4 Å². The van der Waals surface area contributed by atoms with Gasteiger partial charge in [0.15, 0.2) is 0 Å². The van der Waals surface area contributed by atoms with Crippen LogP contribution in [0.25, 0.3) is 0 Å². The zero-order valence-electron chi connectivity index (χ0n) is 23.0. The zero-order chi connectivity index (χ0) is 27.3. The number of nitrogens with zero attached hydrogens (tertiary/aromatic N) is 3. The predicted octanol–water partition coefficient (Wildman–Crippen LogP) is 4.40. The molecule has 3 amide bonds. The van der Waals surface area contributed by atoms with Gasteiger partial charge in [0.25, 0.3) is 5.91 Å². The summed E-state index contributed by atoms with van der Waals surface area (Å²) in [6.45, 7) is 8.57. The summed E-state index contributed by atoms with van der Waals surface area (Å²) >= 11 is 0. The number of hydrogen-bond donors (Lipinski definition) is 2. The number of benzene rings is 1. The number of ether oxygens (including phenoxy) is 1. The van der Waals surface area contributed by atoms with Crippen LogP contribution in [-0.4, -0.2) is 65.2 Å². The summed E-state index contributed by atoms with van der Waals surface area (Å²) in [6.07, 6.45) is 7.51. The van der Waals surface area contributed by atoms with Crippen molar-refractivity contribution in [3.8, 4) is 0 Å². The number of amides is 3. The van der Waals surface area contributed by atoms with Crippen LogP contribution in [0.2, 0.25) is 0 Å². The number of nitrogens with one attached hydrogen (secondary N) is 2. The van der Waals surface area contributed by atoms with E-state index in [1.165, 1.54) is 0 Å². The van der Waals surface area contributed by atoms with Crippen molar-refractivity contribution >= 4 is 29.3 Å². The molecule has 1 aromatic heterocycles. The fraction of sp³-hybridized carbons (Fsp3) is 0.552. The van der Waals surface area contributed by atoms with Crippen LogP contribution in [0.1, 0.15) is 63.2 Å². The molecule has 1 saturated heterocycles. The van der Waals surface area contributed by atoms with Gasteiger partial charge in [-0.05, 0) is 82.7 Å². The number of carbonyl (C=O) groups excluding carboxylic acids is 3. The molecule has 9 nitrogen and oxygen atoms in total. The highest BCUT2D eigenvalue weighted by atomic mass is 16.6. The highest BCUT2D eigenvalue weighted by Crippen LogP contribution is 2.28. The minimum Gasteiger partial charge on any atom is -0.444 e. The molecule has 206 valence electrons. The minimum atomic E-state index is -0.499. The second kappa shape index (κ2) is 11.9. The summed E-state index contributed by atoms with van der Waals surface area (Å²) in [4.78, 5) is 41.6. The molecule has 4 rings (SSSR count). The fourth-order valence-corrected chi connectivity index (χ4v) is 5.17. The van der Waals surface area contributed by atoms with Gasteiger partial charge in [-0.15, -0.1) is 0 Å². The van der Waals surface area contributed by atoms with Gasteiger partial charge in [-0.2, -0.15) is 0 Å². The first-order chi connectivity index (χ1) is 18.1. The number of anilines is 2. The summed E-state index contributed by atoms with van der Waals surface area (Å²) in [5.74, 6) is 0.473. The molecule has 2 aliphatic rings. The lowest BCUT2D eigenvalue weighted by Crippen LogP contribution is -2.49. The Hall–Kier alpha value is -3.49. The van der Waals surface area contributed by atoms with Crippen molar-refractivity contribution in [1.82, 2.24) is 14.8 Å². The van der Waals surface area contributed by atoms with Gasteiger partial charge in [0, 0.05) is 69.5 Å². The molecule has 1 aliphatic heterocycles. The Bertz CT molecular complexity index is 1100. The normalized spacial score (nSPS) is 20.1. The summed E-state index contributed by atoms with van der Waals surface area (Å²) in [6, 6.07) is 9.78. The van der Waals surface area contributed by atoms with E-state index in [4.69, 9.17) is 4.74 Å². The molecule has 0 spiro atoms. The maximum Gasteiger partial charge on any atom is 0.407 e. The summed E-state index contributed by atoms with van der Waals surface area (Å²) in [5, 5.41) is 5.90. The number of rotatable bonds is 6. The van der Waals surface area contributed by atoms with Gasteiger partial charge in [-0.3, -0.25) is 9.59 Å². The third-order valence-electron chi connectivity index (χ3n) is 7.25. The Morgan fingerprint density at radius 1 is 0.947 bits per heavy atom. The first kappa shape index (κ1) is 27.5. The van der Waals surface area contributed by atoms with E-state index in [0.29, 0.717) is 31.0 Å². The third kappa shape index (κ3) is 7.76. The topological polar surface area (TPSA) is 95.9 Å². The smallest absolute Gasteiger partial charge is 0.407 e. The number of aromatic nitrogens is 1. The van der Waals surface area contributed by atoms with Crippen LogP contribution in [0.3, 0.4) is 0 Å². The molecule has 2 heterocycles. The van der Waals surface area contributed by atoms with E-state index < -0.39 is 5.60 Å². The second-order valence-corrected chi connectivity index (χ2v) is 11.5. The lowest BCUT2D eigenvalue weighted by Gasteiger charge is -2.37. The van der Waals surface area contributed by atoms with E-state index in [-0.39, 0.29) is 23.9 Å². The number of hydrogen-bond acceptors (Lipinski definition) is 5. The Kier molecular flexibility index (Phi) is 8.64. The SMILES string of the molecule is Cn1ccc(C(=O)Nc2ccc(N3CCN(C(=O)CC4CCC(NC(=O)OC(C)(C)C)CC4)CC3)cc2)c1. The quantitative estimate of drug-likeness (QED) is 0.585. The van der Waals surface area contributed by atoms with Crippen LogP contribution in [-0.2, 0) is 16.6 Å². The molecule has 1 aliphatic carbocycles. The average molecular weight is 524 g/mol. The van der Waals surface area contributed by atoms with Gasteiger partial charge >= 0.3 is 6.09 Å². The summed E-state index contributed by atoms with van der Waals surface area (Å²) < 4.78 is 7.20. The monoisotopic (exact) mass is 523 g/mol. The molecule has 2 aromatic rings. The molecule has 2 N–H and O–H groups in total. The lowest BCUT2D eigenvalue weighted by molar-refractivity contribution is -0.132. The molecule has 0 bridgehead atoms. The van der Waals surface area contributed by atoms with Gasteiger partial charge in [-0.25, -0.2) is 4.79 Å². The third-order valence-corrected chi connectivity index (χ3v) is 7.25. The highest BCUT2D eigenvalue weighted by molar-refractivity contribution is 6.04. The fourth-order valence-electron chi connectivity index (χ4n) is 5.17. The highest BCUT2D eigenvalue weighted by Gasteiger charge is 2.28. The summed E-state index contributed by atoms with van der Waals surface area (Å²) in [7, 11) is 1.89. The van der Waals surface area contributed by atoms with E-state index in [1.54, 1.807) is 12.3 Å². The van der Waals surface area contributed by atoms with Gasteiger partial charge in [-0.1, -0.05) is 0 Å². The maximum atomic E-state index is 13.0. The predicted molar refractivity (Wildman–Crippen MR) is 148 cm³/mol. The lowest BCUT2D eigenvalue weighted by atomic mass is 9.84. The number of piperazine rings is 1. The Morgan fingerprint density at radius 2 is 1.61 bits per heavy atom. The first-order valence-electron chi connectivity index (χ1n) is 13.6. The zero-order valence-corrected chi connectivity index (χ0v) is 23.0. The second-order valence-electron chi connectivity index (χ2n) is 11.5. The Morgan fingerprint density at radius 3 is 2.18 bits per heavy atom. The summed E-state index contributed by atoms with van der Waals surface area (Å²) in [5.41, 5.74) is 1.97. The number of aryl methyl sites for hydroxylation is 1. The molecular weight excluding hydrogens is 482 g/mol. The average Bonchev–Trinajstić information content (AvgIpc) is 3.31. The van der Waals surface area contributed by atoms with Crippen LogP contribution in [0.4, 0.5) is 16.2 Å².